The van der Waals surface area contributed by atoms with Gasteiger partial charge in [0.25, 0.3) is 0 Å². The van der Waals surface area contributed by atoms with E-state index in [4.69, 9.17) is 5.26 Å². The summed E-state index contributed by atoms with van der Waals surface area (Å²) in [5, 5.41) is 12.1. The third-order valence-corrected chi connectivity index (χ3v) is 2.48. The van der Waals surface area contributed by atoms with Gasteiger partial charge in [0.1, 0.15) is 11.9 Å². The van der Waals surface area contributed by atoms with Gasteiger partial charge in [0.15, 0.2) is 0 Å². The fourth-order valence-electron chi connectivity index (χ4n) is 1.10. The minimum atomic E-state index is 0.647. The number of nitriles is 1. The molecule has 3 nitrogen and oxygen atoms in total. The van der Waals surface area contributed by atoms with E-state index < -0.39 is 0 Å². The van der Waals surface area contributed by atoms with Crippen LogP contribution in [0.25, 0.3) is 0 Å². The first-order chi connectivity index (χ1) is 6.79. The highest BCUT2D eigenvalue weighted by Crippen LogP contribution is 2.14. The van der Waals surface area contributed by atoms with Gasteiger partial charge in [-0.2, -0.15) is 17.0 Å². The molecule has 74 valence electrons. The summed E-state index contributed by atoms with van der Waals surface area (Å²) in [6, 6.07) is 4.00. The van der Waals surface area contributed by atoms with Gasteiger partial charge in [-0.1, -0.05) is 0 Å². The maximum atomic E-state index is 8.92. The molecule has 0 saturated heterocycles. The van der Waals surface area contributed by atoms with Gasteiger partial charge in [0, 0.05) is 18.5 Å². The molecule has 1 N–H and O–H groups in total. The Morgan fingerprint density at radius 1 is 1.64 bits per heavy atom. The summed E-state index contributed by atoms with van der Waals surface area (Å²) in [5.41, 5.74) is 1.61. The molecule has 0 amide bonds. The minimum absolute atomic E-state index is 0.647. The fraction of sp³-hybridized carbons (Fsp3) is 0.400. The Bertz CT molecular complexity index is 344. The van der Waals surface area contributed by atoms with Crippen molar-refractivity contribution in [3.8, 4) is 6.07 Å². The lowest BCUT2D eigenvalue weighted by Gasteiger charge is -2.07. The third kappa shape index (κ3) is 2.64. The third-order valence-electron chi connectivity index (χ3n) is 1.87. The number of hydrogen-bond donors (Lipinski definition) is 1. The summed E-state index contributed by atoms with van der Waals surface area (Å²) in [6.07, 6.45) is 3.77. The highest BCUT2D eigenvalue weighted by molar-refractivity contribution is 7.98. The standard InChI is InChI=1S/C10H13N3S/c1-8-3-4-12-10(9(8)7-11)13-5-6-14-2/h3-4H,5-6H2,1-2H3,(H,12,13). The van der Waals surface area contributed by atoms with E-state index >= 15 is 0 Å². The van der Waals surface area contributed by atoms with Crippen molar-refractivity contribution < 1.29 is 0 Å². The monoisotopic (exact) mass is 207 g/mol. The second kappa shape index (κ2) is 5.51. The van der Waals surface area contributed by atoms with E-state index in [0.717, 1.165) is 17.9 Å². The van der Waals surface area contributed by atoms with Crippen molar-refractivity contribution in [2.45, 2.75) is 6.92 Å². The van der Waals surface area contributed by atoms with Crippen molar-refractivity contribution in [1.82, 2.24) is 4.98 Å². The van der Waals surface area contributed by atoms with Gasteiger partial charge in [0.2, 0.25) is 0 Å². The zero-order chi connectivity index (χ0) is 10.4. The zero-order valence-electron chi connectivity index (χ0n) is 8.37. The van der Waals surface area contributed by atoms with Crippen LogP contribution in [0.1, 0.15) is 11.1 Å². The summed E-state index contributed by atoms with van der Waals surface area (Å²) in [6.45, 7) is 2.76. The number of hydrogen-bond acceptors (Lipinski definition) is 4. The molecule has 0 fully saturated rings. The van der Waals surface area contributed by atoms with E-state index in [1.165, 1.54) is 0 Å². The molecule has 1 rings (SSSR count). The molecule has 14 heavy (non-hydrogen) atoms. The molecule has 0 aliphatic rings. The Morgan fingerprint density at radius 3 is 3.07 bits per heavy atom. The van der Waals surface area contributed by atoms with E-state index in [1.54, 1.807) is 18.0 Å². The molecule has 0 aliphatic carbocycles. The van der Waals surface area contributed by atoms with Crippen LogP contribution in [0, 0.1) is 18.3 Å². The summed E-state index contributed by atoms with van der Waals surface area (Å²) < 4.78 is 0. The number of thioether (sulfide) groups is 1. The molecular formula is C10H13N3S. The fourth-order valence-corrected chi connectivity index (χ4v) is 1.41. The minimum Gasteiger partial charge on any atom is -0.368 e. The molecule has 1 aromatic heterocycles. The number of nitrogens with one attached hydrogen (secondary N) is 1. The maximum Gasteiger partial charge on any atom is 0.144 e. The Kier molecular flexibility index (Phi) is 4.27. The van der Waals surface area contributed by atoms with Crippen LogP contribution < -0.4 is 5.32 Å². The van der Waals surface area contributed by atoms with Crippen LogP contribution in [0.15, 0.2) is 12.3 Å². The largest absolute Gasteiger partial charge is 0.368 e. The first-order valence-electron chi connectivity index (χ1n) is 4.38. The van der Waals surface area contributed by atoms with Crippen LogP contribution in [0.5, 0.6) is 0 Å². The number of anilines is 1. The predicted octanol–water partition coefficient (Wildman–Crippen LogP) is 2.04. The second-order valence-corrected chi connectivity index (χ2v) is 3.87. The topological polar surface area (TPSA) is 48.7 Å². The lowest BCUT2D eigenvalue weighted by Crippen LogP contribution is -2.07. The molecule has 0 aromatic carbocycles. The summed E-state index contributed by atoms with van der Waals surface area (Å²) in [5.74, 6) is 1.71. The van der Waals surface area contributed by atoms with E-state index in [9.17, 15) is 0 Å². The summed E-state index contributed by atoms with van der Waals surface area (Å²) in [7, 11) is 0. The van der Waals surface area contributed by atoms with Gasteiger partial charge < -0.3 is 5.32 Å². The Morgan fingerprint density at radius 2 is 2.43 bits per heavy atom. The maximum absolute atomic E-state index is 8.92. The van der Waals surface area contributed by atoms with Crippen LogP contribution in [0.3, 0.4) is 0 Å². The van der Waals surface area contributed by atoms with Gasteiger partial charge in [-0.25, -0.2) is 4.98 Å². The van der Waals surface area contributed by atoms with Crippen molar-refractivity contribution in [3.63, 3.8) is 0 Å². The molecule has 1 heterocycles. The summed E-state index contributed by atoms with van der Waals surface area (Å²) in [4.78, 5) is 4.14. The highest BCUT2D eigenvalue weighted by Gasteiger charge is 2.04. The quantitative estimate of drug-likeness (QED) is 0.767. The number of rotatable bonds is 4. The lowest BCUT2D eigenvalue weighted by atomic mass is 10.1. The number of pyridine rings is 1. The molecule has 0 saturated carbocycles. The first-order valence-corrected chi connectivity index (χ1v) is 5.77. The lowest BCUT2D eigenvalue weighted by molar-refractivity contribution is 1.15. The van der Waals surface area contributed by atoms with Gasteiger partial charge in [0.05, 0.1) is 5.56 Å². The van der Waals surface area contributed by atoms with Crippen molar-refractivity contribution >= 4 is 17.6 Å². The van der Waals surface area contributed by atoms with Gasteiger partial charge >= 0.3 is 0 Å². The Balaban J connectivity index is 2.76. The second-order valence-electron chi connectivity index (χ2n) is 2.88. The summed E-state index contributed by atoms with van der Waals surface area (Å²) >= 11 is 1.77. The highest BCUT2D eigenvalue weighted by atomic mass is 32.2. The van der Waals surface area contributed by atoms with E-state index in [2.05, 4.69) is 22.6 Å². The molecule has 0 spiro atoms. The van der Waals surface area contributed by atoms with E-state index in [0.29, 0.717) is 11.4 Å². The molecule has 4 heteroatoms. The van der Waals surface area contributed by atoms with Crippen LogP contribution in [0.2, 0.25) is 0 Å². The SMILES string of the molecule is CSCCNc1nccc(C)c1C#N. The van der Waals surface area contributed by atoms with Crippen LogP contribution >= 0.6 is 11.8 Å². The normalized spacial score (nSPS) is 9.50. The van der Waals surface area contributed by atoms with Gasteiger partial charge in [-0.3, -0.25) is 0 Å². The zero-order valence-corrected chi connectivity index (χ0v) is 9.19. The Labute approximate surface area is 88.5 Å². The molecule has 0 unspecified atom stereocenters. The average molecular weight is 207 g/mol. The van der Waals surface area contributed by atoms with Crippen LogP contribution in [-0.4, -0.2) is 23.5 Å². The molecule has 0 aliphatic heterocycles. The molecule has 0 atom stereocenters. The molecule has 1 aromatic rings. The van der Waals surface area contributed by atoms with E-state index in [1.807, 2.05) is 13.0 Å². The number of nitrogens with zero attached hydrogens (tertiary/aromatic N) is 2. The van der Waals surface area contributed by atoms with Gasteiger partial charge in [-0.15, -0.1) is 0 Å². The van der Waals surface area contributed by atoms with Gasteiger partial charge in [-0.05, 0) is 24.8 Å². The Hall–Kier alpha value is -1.21. The van der Waals surface area contributed by atoms with Crippen LogP contribution in [-0.2, 0) is 0 Å². The molecule has 0 radical (unpaired) electrons. The van der Waals surface area contributed by atoms with Crippen molar-refractivity contribution in [2.75, 3.05) is 23.9 Å². The molecule has 0 bridgehead atoms. The number of aryl methyl sites for hydroxylation is 1. The van der Waals surface area contributed by atoms with Crippen LogP contribution in [0.4, 0.5) is 5.82 Å². The molecular weight excluding hydrogens is 194 g/mol. The first kappa shape index (κ1) is 10.9. The number of aromatic nitrogens is 1. The predicted molar refractivity (Wildman–Crippen MR) is 60.6 cm³/mol. The van der Waals surface area contributed by atoms with Crippen molar-refractivity contribution in [1.29, 1.82) is 5.26 Å². The van der Waals surface area contributed by atoms with Crippen molar-refractivity contribution in [2.24, 2.45) is 0 Å². The van der Waals surface area contributed by atoms with E-state index in [-0.39, 0.29) is 0 Å². The average Bonchev–Trinajstić information content (AvgIpc) is 2.18. The van der Waals surface area contributed by atoms with Crippen molar-refractivity contribution in [3.05, 3.63) is 23.4 Å². The smallest absolute Gasteiger partial charge is 0.144 e.